The molecule has 0 saturated carbocycles. The minimum Gasteiger partial charge on any atom is -0.256 e. The van der Waals surface area contributed by atoms with Crippen molar-refractivity contribution in [2.24, 2.45) is 0 Å². The zero-order valence-electron chi connectivity index (χ0n) is 10.7. The van der Waals surface area contributed by atoms with Gasteiger partial charge in [0.25, 0.3) is 0 Å². The van der Waals surface area contributed by atoms with Gasteiger partial charge in [-0.05, 0) is 22.6 Å². The summed E-state index contributed by atoms with van der Waals surface area (Å²) in [5.41, 5.74) is 1.06. The smallest absolute Gasteiger partial charge is 0.138 e. The van der Waals surface area contributed by atoms with Crippen molar-refractivity contribution in [2.45, 2.75) is 6.54 Å². The van der Waals surface area contributed by atoms with Crippen molar-refractivity contribution in [2.75, 3.05) is 0 Å². The maximum Gasteiger partial charge on any atom is 0.138 e. The van der Waals surface area contributed by atoms with Crippen molar-refractivity contribution in [1.29, 1.82) is 5.26 Å². The first-order valence-corrected chi connectivity index (χ1v) is 5.95. The molecule has 0 radical (unpaired) electrons. The van der Waals surface area contributed by atoms with Crippen LogP contribution in [0.5, 0.6) is 0 Å². The van der Waals surface area contributed by atoms with Gasteiger partial charge in [-0.2, -0.15) is 5.26 Å². The van der Waals surface area contributed by atoms with Gasteiger partial charge in [0.15, 0.2) is 0 Å². The van der Waals surface area contributed by atoms with E-state index >= 15 is 0 Å². The molecular weight excluding hydrogens is 252 g/mol. The number of rotatable bonds is 2. The third-order valence-electron chi connectivity index (χ3n) is 2.39. The minimum absolute atomic E-state index is 0.542. The van der Waals surface area contributed by atoms with Gasteiger partial charge < -0.3 is 0 Å². The number of pyridine rings is 1. The second kappa shape index (κ2) is 7.38. The number of allylic oxidation sites excluding steroid dienone is 2. The standard InChI is InChI=1S/C9H7N.C5H5N5/c1-2-6-9-8(4-1)5-3-7-10-9;6-3-1-2-4-10-5-7-8-9-10/h1-7H;1-2,5H,4H2. The van der Waals surface area contributed by atoms with Crippen molar-refractivity contribution >= 4 is 10.9 Å². The maximum atomic E-state index is 8.10. The highest BCUT2D eigenvalue weighted by molar-refractivity contribution is 5.77. The number of fused-ring (bicyclic) bond motifs is 1. The molecule has 0 aliphatic carbocycles. The third kappa shape index (κ3) is 3.99. The summed E-state index contributed by atoms with van der Waals surface area (Å²) in [5, 5.41) is 19.7. The predicted molar refractivity (Wildman–Crippen MR) is 74.3 cm³/mol. The summed E-state index contributed by atoms with van der Waals surface area (Å²) in [7, 11) is 0. The fourth-order valence-electron chi connectivity index (χ4n) is 1.49. The largest absolute Gasteiger partial charge is 0.256 e. The van der Waals surface area contributed by atoms with Gasteiger partial charge in [-0.1, -0.05) is 30.3 Å². The quantitative estimate of drug-likeness (QED) is 0.661. The molecule has 6 heteroatoms. The fourth-order valence-corrected chi connectivity index (χ4v) is 1.49. The third-order valence-corrected chi connectivity index (χ3v) is 2.39. The Morgan fingerprint density at radius 3 is 2.80 bits per heavy atom. The van der Waals surface area contributed by atoms with E-state index in [0.29, 0.717) is 6.54 Å². The van der Waals surface area contributed by atoms with Crippen molar-refractivity contribution in [3.05, 3.63) is 61.1 Å². The van der Waals surface area contributed by atoms with Crippen LogP contribution in [0, 0.1) is 11.3 Å². The molecule has 0 saturated heterocycles. The fraction of sp³-hybridized carbons (Fsp3) is 0.0714. The van der Waals surface area contributed by atoms with Crippen LogP contribution >= 0.6 is 0 Å². The van der Waals surface area contributed by atoms with Gasteiger partial charge in [0.2, 0.25) is 0 Å². The Bertz CT molecular complexity index is 646. The van der Waals surface area contributed by atoms with Gasteiger partial charge in [-0.3, -0.25) is 4.98 Å². The Balaban J connectivity index is 0.000000147. The van der Waals surface area contributed by atoms with E-state index in [9.17, 15) is 0 Å². The van der Waals surface area contributed by atoms with Crippen LogP contribution in [-0.4, -0.2) is 25.2 Å². The van der Waals surface area contributed by atoms with Gasteiger partial charge in [-0.15, -0.1) is 5.10 Å². The first kappa shape index (κ1) is 13.4. The second-order valence-corrected chi connectivity index (χ2v) is 3.76. The van der Waals surface area contributed by atoms with Gasteiger partial charge in [0.05, 0.1) is 18.1 Å². The highest BCUT2D eigenvalue weighted by atomic mass is 15.5. The summed E-state index contributed by atoms with van der Waals surface area (Å²) in [4.78, 5) is 4.18. The van der Waals surface area contributed by atoms with E-state index in [1.807, 2.05) is 36.5 Å². The number of para-hydroxylation sites is 1. The van der Waals surface area contributed by atoms with Crippen molar-refractivity contribution in [1.82, 2.24) is 25.2 Å². The zero-order valence-corrected chi connectivity index (χ0v) is 10.7. The molecule has 0 fully saturated rings. The van der Waals surface area contributed by atoms with Gasteiger partial charge in [0.1, 0.15) is 6.33 Å². The zero-order chi connectivity index (χ0) is 14.0. The van der Waals surface area contributed by atoms with Crippen LogP contribution in [0.25, 0.3) is 10.9 Å². The summed E-state index contributed by atoms with van der Waals surface area (Å²) >= 11 is 0. The molecule has 2 heterocycles. The van der Waals surface area contributed by atoms with E-state index in [4.69, 9.17) is 5.26 Å². The number of benzene rings is 1. The lowest BCUT2D eigenvalue weighted by Gasteiger charge is -1.91. The molecule has 6 nitrogen and oxygen atoms in total. The molecule has 3 aromatic rings. The van der Waals surface area contributed by atoms with E-state index < -0.39 is 0 Å². The molecule has 0 atom stereocenters. The molecule has 3 rings (SSSR count). The molecule has 0 aliphatic rings. The molecule has 0 unspecified atom stereocenters. The molecule has 0 N–H and O–H groups in total. The lowest BCUT2D eigenvalue weighted by Crippen LogP contribution is -1.94. The summed E-state index contributed by atoms with van der Waals surface area (Å²) in [6.07, 6.45) is 6.36. The Morgan fingerprint density at radius 1 is 1.20 bits per heavy atom. The number of aromatic nitrogens is 5. The highest BCUT2D eigenvalue weighted by Gasteiger charge is 1.86. The van der Waals surface area contributed by atoms with E-state index in [1.165, 1.54) is 22.5 Å². The molecule has 0 amide bonds. The summed E-state index contributed by atoms with van der Waals surface area (Å²) in [6, 6.07) is 14.0. The molecule has 0 spiro atoms. The maximum absolute atomic E-state index is 8.10. The number of hydrogen-bond donors (Lipinski definition) is 0. The van der Waals surface area contributed by atoms with Crippen LogP contribution in [0.4, 0.5) is 0 Å². The second-order valence-electron chi connectivity index (χ2n) is 3.76. The van der Waals surface area contributed by atoms with Crippen molar-refractivity contribution < 1.29 is 0 Å². The lowest BCUT2D eigenvalue weighted by atomic mass is 10.2. The van der Waals surface area contributed by atoms with Crippen LogP contribution in [0.2, 0.25) is 0 Å². The van der Waals surface area contributed by atoms with Crippen LogP contribution < -0.4 is 0 Å². The SMILES string of the molecule is N#CC=CCn1cnnn1.c1ccc2ncccc2c1. The van der Waals surface area contributed by atoms with Crippen LogP contribution in [0.3, 0.4) is 0 Å². The Labute approximate surface area is 116 Å². The molecule has 98 valence electrons. The monoisotopic (exact) mass is 264 g/mol. The number of hydrogen-bond acceptors (Lipinski definition) is 5. The molecule has 20 heavy (non-hydrogen) atoms. The van der Waals surface area contributed by atoms with Crippen LogP contribution in [0.1, 0.15) is 0 Å². The van der Waals surface area contributed by atoms with E-state index in [0.717, 1.165) is 5.52 Å². The highest BCUT2D eigenvalue weighted by Crippen LogP contribution is 2.07. The first-order chi connectivity index (χ1) is 9.90. The van der Waals surface area contributed by atoms with Crippen LogP contribution in [0.15, 0.2) is 61.1 Å². The van der Waals surface area contributed by atoms with Gasteiger partial charge in [-0.25, -0.2) is 4.68 Å². The average molecular weight is 264 g/mol. The Hall–Kier alpha value is -3.07. The van der Waals surface area contributed by atoms with Crippen molar-refractivity contribution in [3.8, 4) is 6.07 Å². The average Bonchev–Trinajstić information content (AvgIpc) is 3.02. The molecule has 1 aromatic carbocycles. The lowest BCUT2D eigenvalue weighted by molar-refractivity contribution is 0.660. The molecule has 2 aromatic heterocycles. The van der Waals surface area contributed by atoms with E-state index in [-0.39, 0.29) is 0 Å². The molecule has 0 bridgehead atoms. The summed E-state index contributed by atoms with van der Waals surface area (Å²) in [5.74, 6) is 0. The van der Waals surface area contributed by atoms with Crippen molar-refractivity contribution in [3.63, 3.8) is 0 Å². The van der Waals surface area contributed by atoms with E-state index in [1.54, 1.807) is 6.08 Å². The number of nitrogens with zero attached hydrogens (tertiary/aromatic N) is 6. The summed E-state index contributed by atoms with van der Waals surface area (Å²) < 4.78 is 1.52. The summed E-state index contributed by atoms with van der Waals surface area (Å²) in [6.45, 7) is 0.542. The van der Waals surface area contributed by atoms with Crippen LogP contribution in [-0.2, 0) is 6.54 Å². The Morgan fingerprint density at radius 2 is 2.05 bits per heavy atom. The number of nitriles is 1. The topological polar surface area (TPSA) is 80.3 Å². The first-order valence-electron chi connectivity index (χ1n) is 5.95. The Kier molecular flexibility index (Phi) is 4.93. The number of tetrazole rings is 1. The normalized spacial score (nSPS) is 9.95. The minimum atomic E-state index is 0.542. The van der Waals surface area contributed by atoms with Gasteiger partial charge in [0, 0.05) is 17.7 Å². The molecular formula is C14H12N6. The van der Waals surface area contributed by atoms with Gasteiger partial charge >= 0.3 is 0 Å². The molecule has 0 aliphatic heterocycles. The van der Waals surface area contributed by atoms with E-state index in [2.05, 4.69) is 32.6 Å². The predicted octanol–water partition coefficient (Wildman–Crippen LogP) is 1.99.